The number of benzene rings is 2. The Morgan fingerprint density at radius 2 is 1.93 bits per heavy atom. The van der Waals surface area contributed by atoms with E-state index in [2.05, 4.69) is 15.6 Å². The van der Waals surface area contributed by atoms with E-state index in [1.54, 1.807) is 12.1 Å². The van der Waals surface area contributed by atoms with Gasteiger partial charge in [0.2, 0.25) is 11.8 Å². The molecule has 0 saturated carbocycles. The molecule has 3 aromatic rings. The van der Waals surface area contributed by atoms with Crippen LogP contribution in [0.3, 0.4) is 0 Å². The third-order valence-electron chi connectivity index (χ3n) is 3.73. The number of nitrogens with one attached hydrogen (secondary N) is 2. The molecular formula is C20H18ClN3O2S. The lowest BCUT2D eigenvalue weighted by Crippen LogP contribution is -2.24. The highest BCUT2D eigenvalue weighted by molar-refractivity contribution is 7.13. The van der Waals surface area contributed by atoms with E-state index in [0.717, 1.165) is 21.8 Å². The lowest BCUT2D eigenvalue weighted by molar-refractivity contribution is -0.120. The summed E-state index contributed by atoms with van der Waals surface area (Å²) in [7, 11) is 0. The molecule has 0 aliphatic heterocycles. The van der Waals surface area contributed by atoms with Crippen LogP contribution in [0, 0.1) is 0 Å². The van der Waals surface area contributed by atoms with Crippen LogP contribution in [0.15, 0.2) is 53.9 Å². The molecule has 0 aliphatic rings. The Balaban J connectivity index is 1.59. The van der Waals surface area contributed by atoms with Crippen molar-refractivity contribution in [3.63, 3.8) is 0 Å². The Bertz CT molecular complexity index is 954. The van der Waals surface area contributed by atoms with Crippen LogP contribution in [0.2, 0.25) is 5.02 Å². The monoisotopic (exact) mass is 399 g/mol. The third-order valence-corrected chi connectivity index (χ3v) is 4.92. The fourth-order valence-corrected chi connectivity index (χ4v) is 3.43. The van der Waals surface area contributed by atoms with E-state index < -0.39 is 0 Å². The van der Waals surface area contributed by atoms with Crippen LogP contribution in [-0.2, 0) is 22.6 Å². The standard InChI is InChI=1S/C20H18ClN3O2S/c1-13(25)23-17-4-2-3-15(9-17)20-24-18(12-27-20)10-19(26)22-11-14-5-7-16(21)8-6-14/h2-9,12H,10-11H2,1H3,(H,22,26)(H,23,25). The Kier molecular flexibility index (Phi) is 6.21. The fourth-order valence-electron chi connectivity index (χ4n) is 2.48. The van der Waals surface area contributed by atoms with Gasteiger partial charge in [-0.25, -0.2) is 4.98 Å². The Morgan fingerprint density at radius 1 is 1.15 bits per heavy atom. The molecule has 0 unspecified atom stereocenters. The smallest absolute Gasteiger partial charge is 0.226 e. The molecule has 0 bridgehead atoms. The summed E-state index contributed by atoms with van der Waals surface area (Å²) in [6, 6.07) is 14.8. The first-order valence-electron chi connectivity index (χ1n) is 8.33. The lowest BCUT2D eigenvalue weighted by Gasteiger charge is -2.05. The average molecular weight is 400 g/mol. The second-order valence-electron chi connectivity index (χ2n) is 5.99. The van der Waals surface area contributed by atoms with Gasteiger partial charge in [0.25, 0.3) is 0 Å². The van der Waals surface area contributed by atoms with E-state index in [0.29, 0.717) is 17.3 Å². The molecule has 1 heterocycles. The van der Waals surface area contributed by atoms with Crippen molar-refractivity contribution in [3.8, 4) is 10.6 Å². The van der Waals surface area contributed by atoms with Crippen molar-refractivity contribution < 1.29 is 9.59 Å². The van der Waals surface area contributed by atoms with E-state index >= 15 is 0 Å². The summed E-state index contributed by atoms with van der Waals surface area (Å²) >= 11 is 7.32. The fraction of sp³-hybridized carbons (Fsp3) is 0.150. The molecule has 0 spiro atoms. The largest absolute Gasteiger partial charge is 0.352 e. The lowest BCUT2D eigenvalue weighted by atomic mass is 10.2. The van der Waals surface area contributed by atoms with Gasteiger partial charge in [0.05, 0.1) is 12.1 Å². The molecule has 3 rings (SSSR count). The van der Waals surface area contributed by atoms with Crippen LogP contribution < -0.4 is 10.6 Å². The number of rotatable bonds is 6. The molecule has 138 valence electrons. The number of hydrogen-bond acceptors (Lipinski definition) is 4. The van der Waals surface area contributed by atoms with Gasteiger partial charge in [0, 0.05) is 35.1 Å². The molecule has 0 saturated heterocycles. The molecule has 0 radical (unpaired) electrons. The van der Waals surface area contributed by atoms with Gasteiger partial charge in [-0.3, -0.25) is 9.59 Å². The number of nitrogens with zero attached hydrogens (tertiary/aromatic N) is 1. The van der Waals surface area contributed by atoms with E-state index in [-0.39, 0.29) is 18.2 Å². The van der Waals surface area contributed by atoms with Gasteiger partial charge in [-0.05, 0) is 29.8 Å². The highest BCUT2D eigenvalue weighted by atomic mass is 35.5. The number of carbonyl (C=O) groups is 2. The molecule has 2 amide bonds. The molecule has 1 aromatic heterocycles. The third kappa shape index (κ3) is 5.64. The maximum Gasteiger partial charge on any atom is 0.226 e. The second kappa shape index (κ2) is 8.79. The average Bonchev–Trinajstić information content (AvgIpc) is 3.09. The van der Waals surface area contributed by atoms with Crippen molar-refractivity contribution in [3.05, 3.63) is 70.2 Å². The van der Waals surface area contributed by atoms with E-state index in [4.69, 9.17) is 11.6 Å². The number of amides is 2. The van der Waals surface area contributed by atoms with Crippen LogP contribution in [0.1, 0.15) is 18.2 Å². The van der Waals surface area contributed by atoms with Gasteiger partial charge < -0.3 is 10.6 Å². The molecule has 7 heteroatoms. The maximum absolute atomic E-state index is 12.2. The van der Waals surface area contributed by atoms with Crippen molar-refractivity contribution in [1.29, 1.82) is 0 Å². The van der Waals surface area contributed by atoms with Gasteiger partial charge >= 0.3 is 0 Å². The Morgan fingerprint density at radius 3 is 2.67 bits per heavy atom. The van der Waals surface area contributed by atoms with Crippen LogP contribution >= 0.6 is 22.9 Å². The number of thiazole rings is 1. The molecule has 5 nitrogen and oxygen atoms in total. The molecule has 0 fully saturated rings. The maximum atomic E-state index is 12.2. The summed E-state index contributed by atoms with van der Waals surface area (Å²) in [6.45, 7) is 1.92. The van der Waals surface area contributed by atoms with E-state index in [9.17, 15) is 9.59 Å². The van der Waals surface area contributed by atoms with Crippen molar-refractivity contribution in [1.82, 2.24) is 10.3 Å². The summed E-state index contributed by atoms with van der Waals surface area (Å²) in [5.41, 5.74) is 3.33. The summed E-state index contributed by atoms with van der Waals surface area (Å²) in [5.74, 6) is -0.210. The zero-order valence-corrected chi connectivity index (χ0v) is 16.2. The minimum atomic E-state index is -0.121. The van der Waals surface area contributed by atoms with Crippen molar-refractivity contribution >= 4 is 40.4 Å². The van der Waals surface area contributed by atoms with Crippen molar-refractivity contribution in [2.75, 3.05) is 5.32 Å². The van der Waals surface area contributed by atoms with Crippen molar-refractivity contribution in [2.24, 2.45) is 0 Å². The van der Waals surface area contributed by atoms with Gasteiger partial charge in [-0.2, -0.15) is 0 Å². The zero-order valence-electron chi connectivity index (χ0n) is 14.7. The number of anilines is 1. The highest BCUT2D eigenvalue weighted by Gasteiger charge is 2.10. The number of carbonyl (C=O) groups excluding carboxylic acids is 2. The molecular weight excluding hydrogens is 382 g/mol. The van der Waals surface area contributed by atoms with Crippen LogP contribution in [0.4, 0.5) is 5.69 Å². The number of aromatic nitrogens is 1. The molecule has 2 N–H and O–H groups in total. The van der Waals surface area contributed by atoms with Gasteiger partial charge in [-0.1, -0.05) is 35.9 Å². The van der Waals surface area contributed by atoms with Gasteiger partial charge in [0.1, 0.15) is 5.01 Å². The summed E-state index contributed by atoms with van der Waals surface area (Å²) < 4.78 is 0. The van der Waals surface area contributed by atoms with E-state index in [1.165, 1.54) is 18.3 Å². The molecule has 27 heavy (non-hydrogen) atoms. The number of halogens is 1. The second-order valence-corrected chi connectivity index (χ2v) is 7.28. The summed E-state index contributed by atoms with van der Waals surface area (Å²) in [4.78, 5) is 27.9. The Labute approximate surface area is 166 Å². The van der Waals surface area contributed by atoms with Gasteiger partial charge in [-0.15, -0.1) is 11.3 Å². The van der Waals surface area contributed by atoms with E-state index in [1.807, 2.05) is 41.8 Å². The molecule has 0 aliphatic carbocycles. The topological polar surface area (TPSA) is 71.1 Å². The SMILES string of the molecule is CC(=O)Nc1cccc(-c2nc(CC(=O)NCc3ccc(Cl)cc3)cs2)c1. The highest BCUT2D eigenvalue weighted by Crippen LogP contribution is 2.26. The first-order valence-corrected chi connectivity index (χ1v) is 9.59. The minimum Gasteiger partial charge on any atom is -0.352 e. The predicted octanol–water partition coefficient (Wildman–Crippen LogP) is 4.28. The summed E-state index contributed by atoms with van der Waals surface area (Å²) in [5, 5.41) is 8.99. The summed E-state index contributed by atoms with van der Waals surface area (Å²) in [6.07, 6.45) is 0.218. The first kappa shape index (κ1) is 19.1. The normalized spacial score (nSPS) is 10.4. The Hall–Kier alpha value is -2.70. The van der Waals surface area contributed by atoms with Crippen LogP contribution in [0.25, 0.3) is 10.6 Å². The van der Waals surface area contributed by atoms with Crippen LogP contribution in [-0.4, -0.2) is 16.8 Å². The quantitative estimate of drug-likeness (QED) is 0.649. The molecule has 2 aromatic carbocycles. The molecule has 0 atom stereocenters. The first-order chi connectivity index (χ1) is 13.0. The minimum absolute atomic E-state index is 0.0891. The van der Waals surface area contributed by atoms with Gasteiger partial charge in [0.15, 0.2) is 0 Å². The predicted molar refractivity (Wildman–Crippen MR) is 109 cm³/mol. The van der Waals surface area contributed by atoms with Crippen LogP contribution in [0.5, 0.6) is 0 Å². The van der Waals surface area contributed by atoms with Crippen molar-refractivity contribution in [2.45, 2.75) is 19.9 Å². The zero-order chi connectivity index (χ0) is 19.2. The number of hydrogen-bond donors (Lipinski definition) is 2.